The minimum Gasteiger partial charge on any atom is -0.462 e. The molecule has 0 saturated carbocycles. The highest BCUT2D eigenvalue weighted by Gasteiger charge is 2.23. The first kappa shape index (κ1) is 10.1. The fourth-order valence-corrected chi connectivity index (χ4v) is 3.74. The van der Waals surface area contributed by atoms with Crippen molar-refractivity contribution in [1.29, 1.82) is 0 Å². The minimum atomic E-state index is -0.176. The number of carbonyl (C=O) groups is 1. The molecule has 0 atom stereocenters. The molecule has 0 amide bonds. The van der Waals surface area contributed by atoms with Crippen LogP contribution in [0.1, 0.15) is 15.9 Å². The standard InChI is InChI=1S/C15H10O2S/c16-15-13-9(7-8-17-15)5-6-12-14(13)10-3-1-2-4-11(10)18-12/h1-6H,7-8H2. The van der Waals surface area contributed by atoms with E-state index in [4.69, 9.17) is 4.74 Å². The molecule has 3 aromatic rings. The first-order valence-corrected chi connectivity index (χ1v) is 6.76. The van der Waals surface area contributed by atoms with Crippen molar-refractivity contribution in [2.24, 2.45) is 0 Å². The van der Waals surface area contributed by atoms with Crippen molar-refractivity contribution in [2.45, 2.75) is 6.42 Å². The summed E-state index contributed by atoms with van der Waals surface area (Å²) in [6.07, 6.45) is 0.821. The normalized spacial score (nSPS) is 14.8. The van der Waals surface area contributed by atoms with Crippen LogP contribution in [0.25, 0.3) is 20.2 Å². The number of carbonyl (C=O) groups excluding carboxylic acids is 1. The van der Waals surface area contributed by atoms with Crippen LogP contribution in [0.2, 0.25) is 0 Å². The Morgan fingerprint density at radius 1 is 1.06 bits per heavy atom. The van der Waals surface area contributed by atoms with Crippen LogP contribution in [0.5, 0.6) is 0 Å². The molecular weight excluding hydrogens is 244 g/mol. The summed E-state index contributed by atoms with van der Waals surface area (Å²) >= 11 is 1.73. The number of thiophene rings is 1. The molecule has 1 aliphatic rings. The lowest BCUT2D eigenvalue weighted by Gasteiger charge is -2.16. The largest absolute Gasteiger partial charge is 0.462 e. The summed E-state index contributed by atoms with van der Waals surface area (Å²) in [6, 6.07) is 12.4. The molecule has 0 radical (unpaired) electrons. The van der Waals surface area contributed by atoms with Gasteiger partial charge >= 0.3 is 5.97 Å². The predicted molar refractivity (Wildman–Crippen MR) is 73.3 cm³/mol. The smallest absolute Gasteiger partial charge is 0.339 e. The van der Waals surface area contributed by atoms with Crippen LogP contribution in [-0.2, 0) is 11.2 Å². The molecule has 0 aliphatic carbocycles. The van der Waals surface area contributed by atoms with Gasteiger partial charge in [-0.15, -0.1) is 11.3 Å². The van der Waals surface area contributed by atoms with Crippen LogP contribution < -0.4 is 0 Å². The molecule has 18 heavy (non-hydrogen) atoms. The molecule has 88 valence electrons. The Balaban J connectivity index is 2.24. The highest BCUT2D eigenvalue weighted by atomic mass is 32.1. The molecule has 0 N–H and O–H groups in total. The van der Waals surface area contributed by atoms with E-state index in [1.165, 1.54) is 4.70 Å². The van der Waals surface area contributed by atoms with Gasteiger partial charge in [-0.3, -0.25) is 0 Å². The number of fused-ring (bicyclic) bond motifs is 5. The summed E-state index contributed by atoms with van der Waals surface area (Å²) < 4.78 is 7.58. The first-order valence-electron chi connectivity index (χ1n) is 5.95. The van der Waals surface area contributed by atoms with Crippen LogP contribution in [-0.4, -0.2) is 12.6 Å². The van der Waals surface area contributed by atoms with Crippen molar-refractivity contribution in [1.82, 2.24) is 0 Å². The van der Waals surface area contributed by atoms with Crippen LogP contribution >= 0.6 is 11.3 Å². The predicted octanol–water partition coefficient (Wildman–Crippen LogP) is 3.77. The number of ether oxygens (including phenoxy) is 1. The second kappa shape index (κ2) is 3.56. The van der Waals surface area contributed by atoms with Crippen molar-refractivity contribution in [2.75, 3.05) is 6.61 Å². The summed E-state index contributed by atoms with van der Waals surface area (Å²) in [5, 5.41) is 2.23. The molecule has 2 aromatic carbocycles. The molecule has 2 heterocycles. The van der Waals surface area contributed by atoms with Crippen molar-refractivity contribution in [3.63, 3.8) is 0 Å². The van der Waals surface area contributed by atoms with Gasteiger partial charge in [0.15, 0.2) is 0 Å². The molecule has 2 nitrogen and oxygen atoms in total. The molecule has 0 unspecified atom stereocenters. The Hall–Kier alpha value is -1.87. The molecule has 0 bridgehead atoms. The molecule has 3 heteroatoms. The summed E-state index contributed by atoms with van der Waals surface area (Å²) in [7, 11) is 0. The third kappa shape index (κ3) is 1.25. The zero-order chi connectivity index (χ0) is 12.1. The molecule has 1 aromatic heterocycles. The topological polar surface area (TPSA) is 26.3 Å². The zero-order valence-electron chi connectivity index (χ0n) is 9.60. The second-order valence-electron chi connectivity index (χ2n) is 4.46. The van der Waals surface area contributed by atoms with Gasteiger partial charge < -0.3 is 4.74 Å². The van der Waals surface area contributed by atoms with Gasteiger partial charge in [-0.05, 0) is 17.7 Å². The number of hydrogen-bond donors (Lipinski definition) is 0. The fourth-order valence-electron chi connectivity index (χ4n) is 2.63. The van der Waals surface area contributed by atoms with Crippen LogP contribution in [0.15, 0.2) is 36.4 Å². The number of cyclic esters (lactones) is 1. The van der Waals surface area contributed by atoms with E-state index >= 15 is 0 Å². The van der Waals surface area contributed by atoms with Gasteiger partial charge in [0.1, 0.15) is 0 Å². The summed E-state index contributed by atoms with van der Waals surface area (Å²) in [4.78, 5) is 12.0. The molecule has 0 fully saturated rings. The van der Waals surface area contributed by atoms with E-state index in [1.807, 2.05) is 12.1 Å². The summed E-state index contributed by atoms with van der Waals surface area (Å²) in [5.74, 6) is -0.176. The Morgan fingerprint density at radius 3 is 2.89 bits per heavy atom. The van der Waals surface area contributed by atoms with Gasteiger partial charge in [-0.25, -0.2) is 4.79 Å². The van der Waals surface area contributed by atoms with Crippen LogP contribution in [0.3, 0.4) is 0 Å². The fraction of sp³-hybridized carbons (Fsp3) is 0.133. The van der Waals surface area contributed by atoms with E-state index in [1.54, 1.807) is 11.3 Å². The highest BCUT2D eigenvalue weighted by Crippen LogP contribution is 2.38. The third-order valence-electron chi connectivity index (χ3n) is 3.44. The lowest BCUT2D eigenvalue weighted by atomic mass is 9.97. The van der Waals surface area contributed by atoms with E-state index in [2.05, 4.69) is 24.3 Å². The van der Waals surface area contributed by atoms with Gasteiger partial charge in [0.25, 0.3) is 0 Å². The van der Waals surface area contributed by atoms with Crippen molar-refractivity contribution in [3.05, 3.63) is 47.5 Å². The summed E-state index contributed by atoms with van der Waals surface area (Å²) in [5.41, 5.74) is 1.89. The average Bonchev–Trinajstić information content (AvgIpc) is 2.77. The number of hydrogen-bond acceptors (Lipinski definition) is 3. The number of esters is 1. The average molecular weight is 254 g/mol. The first-order chi connectivity index (χ1) is 8.84. The van der Waals surface area contributed by atoms with Crippen molar-refractivity contribution in [3.8, 4) is 0 Å². The van der Waals surface area contributed by atoms with Crippen LogP contribution in [0.4, 0.5) is 0 Å². The maximum absolute atomic E-state index is 12.0. The lowest BCUT2D eigenvalue weighted by Crippen LogP contribution is -2.17. The second-order valence-corrected chi connectivity index (χ2v) is 5.54. The van der Waals surface area contributed by atoms with Gasteiger partial charge in [-0.2, -0.15) is 0 Å². The SMILES string of the molecule is O=C1OCCc2ccc3sc4ccccc4c3c21. The molecule has 4 rings (SSSR count). The lowest BCUT2D eigenvalue weighted by molar-refractivity contribution is 0.0483. The zero-order valence-corrected chi connectivity index (χ0v) is 10.4. The van der Waals surface area contributed by atoms with Gasteiger partial charge in [0, 0.05) is 26.6 Å². The molecular formula is C15H10O2S. The monoisotopic (exact) mass is 254 g/mol. The number of benzene rings is 2. The van der Waals surface area contributed by atoms with E-state index in [-0.39, 0.29) is 5.97 Å². The van der Waals surface area contributed by atoms with E-state index in [0.29, 0.717) is 6.61 Å². The van der Waals surface area contributed by atoms with Gasteiger partial charge in [0.05, 0.1) is 12.2 Å². The summed E-state index contributed by atoms with van der Waals surface area (Å²) in [6.45, 7) is 0.499. The Bertz CT molecular complexity index is 786. The Labute approximate surface area is 108 Å². The Kier molecular flexibility index (Phi) is 2.00. The van der Waals surface area contributed by atoms with Crippen molar-refractivity contribution >= 4 is 37.5 Å². The quantitative estimate of drug-likeness (QED) is 0.571. The van der Waals surface area contributed by atoms with Crippen LogP contribution in [0, 0.1) is 0 Å². The van der Waals surface area contributed by atoms with Crippen molar-refractivity contribution < 1.29 is 9.53 Å². The highest BCUT2D eigenvalue weighted by molar-refractivity contribution is 7.25. The van der Waals surface area contributed by atoms with E-state index < -0.39 is 0 Å². The maximum atomic E-state index is 12.0. The molecule has 1 aliphatic heterocycles. The maximum Gasteiger partial charge on any atom is 0.339 e. The minimum absolute atomic E-state index is 0.176. The van der Waals surface area contributed by atoms with E-state index in [0.717, 1.165) is 33.0 Å². The molecule has 0 spiro atoms. The van der Waals surface area contributed by atoms with Gasteiger partial charge in [-0.1, -0.05) is 24.3 Å². The molecule has 0 saturated heterocycles. The Morgan fingerprint density at radius 2 is 1.94 bits per heavy atom. The van der Waals surface area contributed by atoms with Gasteiger partial charge in [0.2, 0.25) is 0 Å². The number of rotatable bonds is 0. The van der Waals surface area contributed by atoms with E-state index in [9.17, 15) is 4.79 Å². The third-order valence-corrected chi connectivity index (χ3v) is 4.57.